The van der Waals surface area contributed by atoms with Crippen molar-refractivity contribution in [2.75, 3.05) is 0 Å². The van der Waals surface area contributed by atoms with E-state index in [1.54, 1.807) is 17.6 Å². The van der Waals surface area contributed by atoms with Gasteiger partial charge in [0.2, 0.25) is 10.0 Å². The van der Waals surface area contributed by atoms with Crippen molar-refractivity contribution in [1.82, 2.24) is 14.3 Å². The molecule has 0 unspecified atom stereocenters. The summed E-state index contributed by atoms with van der Waals surface area (Å²) in [6, 6.07) is 1.58. The molecule has 0 fully saturated rings. The zero-order valence-electron chi connectivity index (χ0n) is 11.6. The highest BCUT2D eigenvalue weighted by Gasteiger charge is 2.18. The summed E-state index contributed by atoms with van der Waals surface area (Å²) in [4.78, 5) is 13.6. The number of H-pyrrole nitrogens is 1. The number of nitrogens with zero attached hydrogens (tertiary/aromatic N) is 1. The fourth-order valence-electron chi connectivity index (χ4n) is 1.95. The first-order valence-corrected chi connectivity index (χ1v) is 8.88. The highest BCUT2D eigenvalue weighted by molar-refractivity contribution is 7.89. The maximum atomic E-state index is 12.2. The molecule has 21 heavy (non-hydrogen) atoms. The van der Waals surface area contributed by atoms with Crippen LogP contribution in [0.3, 0.4) is 0 Å². The number of aryl methyl sites for hydroxylation is 1. The molecule has 7 nitrogen and oxygen atoms in total. The van der Waals surface area contributed by atoms with Gasteiger partial charge in [0.05, 0.1) is 11.4 Å². The lowest BCUT2D eigenvalue weighted by atomic mass is 10.4. The van der Waals surface area contributed by atoms with Gasteiger partial charge in [-0.2, -0.15) is 0 Å². The summed E-state index contributed by atoms with van der Waals surface area (Å²) in [5, 5.41) is 1.60. The minimum Gasteiger partial charge on any atom is -0.349 e. The van der Waals surface area contributed by atoms with Crippen molar-refractivity contribution in [1.29, 1.82) is 0 Å². The smallest absolute Gasteiger partial charge is 0.304 e. The average Bonchev–Trinajstić information content (AvgIpc) is 3.04. The molecule has 0 aliphatic carbocycles. The molecule has 0 spiro atoms. The Morgan fingerprint density at radius 1 is 1.48 bits per heavy atom. The van der Waals surface area contributed by atoms with Crippen LogP contribution in [0.4, 0.5) is 0 Å². The maximum Gasteiger partial charge on any atom is 0.304 e. The normalized spacial score (nSPS) is 11.9. The van der Waals surface area contributed by atoms with Gasteiger partial charge in [-0.1, -0.05) is 18.3 Å². The van der Waals surface area contributed by atoms with Crippen molar-refractivity contribution in [2.24, 2.45) is 5.73 Å². The number of rotatable bonds is 7. The molecule has 0 radical (unpaired) electrons. The van der Waals surface area contributed by atoms with Crippen molar-refractivity contribution < 1.29 is 8.42 Å². The highest BCUT2D eigenvalue weighted by atomic mass is 32.2. The number of hydrogen-bond acceptors (Lipinski definition) is 5. The molecule has 4 N–H and O–H groups in total. The van der Waals surface area contributed by atoms with Crippen LogP contribution in [0.1, 0.15) is 24.7 Å². The van der Waals surface area contributed by atoms with Crippen molar-refractivity contribution >= 4 is 21.4 Å². The predicted molar refractivity (Wildman–Crippen MR) is 81.6 cm³/mol. The number of aromatic nitrogens is 2. The third-order valence-electron chi connectivity index (χ3n) is 2.97. The third kappa shape index (κ3) is 3.82. The maximum absolute atomic E-state index is 12.2. The Bertz CT molecular complexity index is 758. The summed E-state index contributed by atoms with van der Waals surface area (Å²) in [6.45, 7) is 3.07. The summed E-state index contributed by atoms with van der Waals surface area (Å²) in [5.74, 6) is 0. The Balaban J connectivity index is 2.17. The minimum absolute atomic E-state index is 0.0536. The molecule has 116 valence electrons. The van der Waals surface area contributed by atoms with E-state index in [9.17, 15) is 13.2 Å². The molecule has 2 aromatic heterocycles. The number of aromatic amines is 1. The number of nitrogens with two attached hydrogens (primary N) is 1. The number of hydrogen-bond donors (Lipinski definition) is 3. The van der Waals surface area contributed by atoms with Crippen LogP contribution in [0, 0.1) is 0 Å². The first kappa shape index (κ1) is 16.0. The van der Waals surface area contributed by atoms with Gasteiger partial charge in [-0.05, 0) is 12.5 Å². The fraction of sp³-hybridized carbons (Fsp3) is 0.417. The Morgan fingerprint density at radius 2 is 2.24 bits per heavy atom. The van der Waals surface area contributed by atoms with Crippen molar-refractivity contribution in [2.45, 2.75) is 37.9 Å². The van der Waals surface area contributed by atoms with Crippen LogP contribution < -0.4 is 15.3 Å². The lowest BCUT2D eigenvalue weighted by Gasteiger charge is -2.04. The zero-order chi connectivity index (χ0) is 15.5. The van der Waals surface area contributed by atoms with E-state index in [0.717, 1.165) is 30.0 Å². The quantitative estimate of drug-likeness (QED) is 0.690. The van der Waals surface area contributed by atoms with Crippen LogP contribution in [0.15, 0.2) is 27.3 Å². The second-order valence-corrected chi connectivity index (χ2v) is 7.17. The van der Waals surface area contributed by atoms with E-state index in [1.165, 1.54) is 0 Å². The topological polar surface area (TPSA) is 110 Å². The van der Waals surface area contributed by atoms with Gasteiger partial charge in [0.15, 0.2) is 0 Å². The number of thiazole rings is 1. The van der Waals surface area contributed by atoms with Crippen LogP contribution in [0.5, 0.6) is 0 Å². The SMILES string of the molecule is CCCn1cc(S(=O)(=O)NCc2csc(=O)[nH]2)cc1CN. The van der Waals surface area contributed by atoms with Gasteiger partial charge in [-0.3, -0.25) is 4.79 Å². The molecular weight excluding hydrogens is 312 g/mol. The van der Waals surface area contributed by atoms with Crippen molar-refractivity contribution in [3.63, 3.8) is 0 Å². The fourth-order valence-corrected chi connectivity index (χ4v) is 3.60. The van der Waals surface area contributed by atoms with Crippen LogP contribution >= 0.6 is 11.3 Å². The molecule has 0 bridgehead atoms. The summed E-state index contributed by atoms with van der Waals surface area (Å²) in [7, 11) is -3.62. The van der Waals surface area contributed by atoms with Gasteiger partial charge in [0, 0.05) is 36.1 Å². The van der Waals surface area contributed by atoms with Gasteiger partial charge in [-0.15, -0.1) is 0 Å². The van der Waals surface area contributed by atoms with Crippen molar-refractivity contribution in [3.05, 3.63) is 38.7 Å². The van der Waals surface area contributed by atoms with E-state index in [-0.39, 0.29) is 22.9 Å². The molecule has 0 aromatic carbocycles. The molecule has 0 saturated heterocycles. The molecule has 9 heteroatoms. The molecule has 2 rings (SSSR count). The summed E-state index contributed by atoms with van der Waals surface area (Å²) in [5.41, 5.74) is 6.95. The van der Waals surface area contributed by atoms with Gasteiger partial charge in [0.1, 0.15) is 0 Å². The second-order valence-electron chi connectivity index (χ2n) is 4.56. The Labute approximate surface area is 126 Å². The molecule has 0 atom stereocenters. The lowest BCUT2D eigenvalue weighted by Crippen LogP contribution is -2.23. The van der Waals surface area contributed by atoms with E-state index in [2.05, 4.69) is 9.71 Å². The molecule has 0 saturated carbocycles. The Morgan fingerprint density at radius 3 is 2.81 bits per heavy atom. The summed E-state index contributed by atoms with van der Waals surface area (Å²) < 4.78 is 28.8. The Kier molecular flexibility index (Phi) is 4.99. The van der Waals surface area contributed by atoms with Crippen LogP contribution in [0.25, 0.3) is 0 Å². The van der Waals surface area contributed by atoms with Crippen LogP contribution in [-0.2, 0) is 29.7 Å². The molecule has 0 aliphatic rings. The van der Waals surface area contributed by atoms with E-state index < -0.39 is 10.0 Å². The molecule has 2 heterocycles. The highest BCUT2D eigenvalue weighted by Crippen LogP contribution is 2.15. The van der Waals surface area contributed by atoms with Crippen LogP contribution in [-0.4, -0.2) is 18.0 Å². The molecule has 2 aromatic rings. The Hall–Kier alpha value is -1.42. The number of nitrogens with one attached hydrogen (secondary N) is 2. The summed E-state index contributed by atoms with van der Waals surface area (Å²) in [6.07, 6.45) is 2.48. The largest absolute Gasteiger partial charge is 0.349 e. The number of sulfonamides is 1. The second kappa shape index (κ2) is 6.56. The standard InChI is InChI=1S/C12H18N4O3S2/c1-2-3-16-7-11(4-10(16)5-13)21(18,19)14-6-9-8-20-12(17)15-9/h4,7-8,14H,2-3,5-6,13H2,1H3,(H,15,17). The van der Waals surface area contributed by atoms with E-state index in [1.807, 2.05) is 11.5 Å². The first-order valence-electron chi connectivity index (χ1n) is 6.51. The monoisotopic (exact) mass is 330 g/mol. The summed E-state index contributed by atoms with van der Waals surface area (Å²) >= 11 is 1.00. The average molecular weight is 330 g/mol. The van der Waals surface area contributed by atoms with Gasteiger partial charge < -0.3 is 15.3 Å². The van der Waals surface area contributed by atoms with E-state index in [4.69, 9.17) is 5.73 Å². The van der Waals surface area contributed by atoms with E-state index >= 15 is 0 Å². The molecular formula is C12H18N4O3S2. The minimum atomic E-state index is -3.62. The van der Waals surface area contributed by atoms with Gasteiger partial charge in [0.25, 0.3) is 0 Å². The first-order chi connectivity index (χ1) is 9.96. The van der Waals surface area contributed by atoms with E-state index in [0.29, 0.717) is 5.69 Å². The zero-order valence-corrected chi connectivity index (χ0v) is 13.3. The predicted octanol–water partition coefficient (Wildman–Crippen LogP) is 0.585. The lowest BCUT2D eigenvalue weighted by molar-refractivity contribution is 0.579. The van der Waals surface area contributed by atoms with Gasteiger partial charge >= 0.3 is 4.87 Å². The molecule has 0 amide bonds. The molecule has 0 aliphatic heterocycles. The van der Waals surface area contributed by atoms with Gasteiger partial charge in [-0.25, -0.2) is 13.1 Å². The third-order valence-corrected chi connectivity index (χ3v) is 5.06. The van der Waals surface area contributed by atoms with Crippen LogP contribution in [0.2, 0.25) is 0 Å². The van der Waals surface area contributed by atoms with Crippen molar-refractivity contribution in [3.8, 4) is 0 Å².